The second-order valence-corrected chi connectivity index (χ2v) is 34.2. The number of hydrogen-bond acceptors (Lipinski definition) is 13. The zero-order chi connectivity index (χ0) is 87.2. The molecule has 3 aliphatic carbocycles. The molecule has 0 spiro atoms. The van der Waals surface area contributed by atoms with Crippen molar-refractivity contribution in [2.45, 2.75) is 89.0 Å². The van der Waals surface area contributed by atoms with E-state index in [1.54, 1.807) is 36.9 Å². The van der Waals surface area contributed by atoms with Crippen molar-refractivity contribution in [1.82, 2.24) is 24.9 Å². The second-order valence-electron chi connectivity index (χ2n) is 25.9. The van der Waals surface area contributed by atoms with E-state index in [9.17, 15) is 108 Å². The van der Waals surface area contributed by atoms with Gasteiger partial charge in [0.15, 0.2) is 4.98 Å². The SMILES string of the molecule is CC1=CCCc2cc(F)cc(F)c21.F[B-](F)(F)F.N#[N+]c1ccc(Br)c2ccncc12.Nc1ccc(Br)c2ccncc12.O=S(=O)(c1ccc(Br)c2ccncc12)C(F)(F)F.O=S(=O)(c1ccc(C2=CCCc3cc(F)cc(F)c32)c2ccncc12)C(F)(F)F.O=S(=O)(c1ccc(C2CCCc3cc(F)cc(F)c32)c2ccncc12)C(F)(F)F. The van der Waals surface area contributed by atoms with E-state index in [2.05, 4.69) is 77.7 Å². The van der Waals surface area contributed by atoms with Crippen molar-refractivity contribution in [3.05, 3.63) is 299 Å². The first-order valence-electron chi connectivity index (χ1n) is 34.3. The number of pyridine rings is 5. The molecule has 0 aliphatic heterocycles. The summed E-state index contributed by atoms with van der Waals surface area (Å²) in [6.07, 6.45) is 21.9. The first kappa shape index (κ1) is 90.9. The minimum Gasteiger partial charge on any atom is -0.418 e. The standard InChI is InChI=1S/C20H14F5NO2S.C20H12F5NO2S.C11H10F2.C10H5BrF3NO2S.C9H5BrN3.C9H7BrN2.BF4/c2*21-12-8-11-2-1-3-15(19(11)17(22)9-12)13-4-5-18(29(27,28)20(23,24)25)16-10-26-7-6-14(13)16;1-7-3-2-4-8-5-9(12)6-10(13)11(7)8;11-8-1-2-9(18(16,17)10(12,13)14)7-5-15-4-3-6(7)8;10-8-1-2-9(13-11)7-5-12-4-3-6(7)8;10-8-1-2-9(11)7-5-12-4-3-6(7)8;2-1(3,4)5/h4-10,15H,1-3H2;3-10H,1-2H2;3,5-6H,2,4H2,1H3;1-5H;1-5H;1-5H,11H2;/q;;;;+1;;-1. The average Bonchev–Trinajstić information content (AvgIpc) is 0.749. The normalized spacial score (nSPS) is 14.0. The maximum Gasteiger partial charge on any atom is 0.673 e. The number of rotatable bonds is 5. The first-order chi connectivity index (χ1) is 55.8. The lowest BCUT2D eigenvalue weighted by atomic mass is 9.77. The molecular weight excluding hydrogens is 1860 g/mol. The number of nitrogens with zero attached hydrogens (tertiary/aromatic N) is 7. The summed E-state index contributed by atoms with van der Waals surface area (Å²) >= 11 is 10.0. The van der Waals surface area contributed by atoms with Crippen molar-refractivity contribution in [2.75, 3.05) is 5.73 Å². The molecule has 1 atom stereocenters. The van der Waals surface area contributed by atoms with Crippen LogP contribution in [0, 0.1) is 40.3 Å². The van der Waals surface area contributed by atoms with Crippen LogP contribution in [0.5, 0.6) is 0 Å². The number of halogens is 22. The highest BCUT2D eigenvalue weighted by Gasteiger charge is 2.50. The third kappa shape index (κ3) is 20.4. The number of aryl methyl sites for hydroxylation is 3. The molecule has 8 aromatic carbocycles. The van der Waals surface area contributed by atoms with Gasteiger partial charge in [-0.05, 0) is 198 Å². The van der Waals surface area contributed by atoms with E-state index in [1.807, 2.05) is 43.3 Å². The van der Waals surface area contributed by atoms with Crippen LogP contribution in [-0.2, 0) is 48.8 Å². The summed E-state index contributed by atoms with van der Waals surface area (Å²) in [6, 6.07) is 28.2. The van der Waals surface area contributed by atoms with Gasteiger partial charge in [0.05, 0.1) is 20.1 Å². The van der Waals surface area contributed by atoms with Gasteiger partial charge in [-0.1, -0.05) is 72.1 Å². The predicted molar refractivity (Wildman–Crippen MR) is 422 cm³/mol. The highest BCUT2D eigenvalue weighted by Crippen LogP contribution is 2.46. The van der Waals surface area contributed by atoms with Gasteiger partial charge in [0, 0.05) is 160 Å². The van der Waals surface area contributed by atoms with Crippen LogP contribution in [0.15, 0.2) is 230 Å². The molecule has 0 fully saturated rings. The molecule has 14 nitrogen and oxygen atoms in total. The van der Waals surface area contributed by atoms with Crippen molar-refractivity contribution < 1.29 is 108 Å². The number of sulfone groups is 3. The minimum absolute atomic E-state index is 0.0656. The number of alkyl halides is 9. The lowest BCUT2D eigenvalue weighted by Crippen LogP contribution is -2.23. The Kier molecular flexibility index (Phi) is 28.0. The molecule has 13 aromatic rings. The van der Waals surface area contributed by atoms with E-state index >= 15 is 0 Å². The van der Waals surface area contributed by atoms with Crippen LogP contribution in [0.2, 0.25) is 0 Å². The molecule has 0 saturated carbocycles. The average molecular weight is 1920 g/mol. The molecule has 620 valence electrons. The third-order valence-electron chi connectivity index (χ3n) is 18.4. The van der Waals surface area contributed by atoms with Crippen LogP contribution in [0.3, 0.4) is 0 Å². The zero-order valence-electron chi connectivity index (χ0n) is 60.4. The fraction of sp³-hybridized carbons (Fsp3) is 0.152. The van der Waals surface area contributed by atoms with Crippen LogP contribution in [0.1, 0.15) is 83.0 Å². The Morgan fingerprint density at radius 2 is 0.815 bits per heavy atom. The predicted octanol–water partition coefficient (Wildman–Crippen LogP) is 24.4. The highest BCUT2D eigenvalue weighted by atomic mass is 79.9. The van der Waals surface area contributed by atoms with Gasteiger partial charge in [-0.15, -0.1) is 0 Å². The topological polar surface area (TPSA) is 221 Å². The molecule has 16 rings (SSSR count). The van der Waals surface area contributed by atoms with Crippen molar-refractivity contribution >= 4 is 161 Å². The van der Waals surface area contributed by atoms with E-state index in [4.69, 9.17) is 11.1 Å². The van der Waals surface area contributed by atoms with E-state index in [0.717, 1.165) is 115 Å². The van der Waals surface area contributed by atoms with Crippen LogP contribution < -0.4 is 5.73 Å². The molecule has 5 heterocycles. The molecule has 2 N–H and O–H groups in total. The lowest BCUT2D eigenvalue weighted by Gasteiger charge is -2.28. The van der Waals surface area contributed by atoms with Gasteiger partial charge in [-0.2, -0.15) is 39.5 Å². The fourth-order valence-corrected chi connectivity index (χ4v) is 17.6. The van der Waals surface area contributed by atoms with E-state index in [1.165, 1.54) is 73.2 Å². The van der Waals surface area contributed by atoms with Crippen LogP contribution in [0.4, 0.5) is 94.5 Å². The molecule has 1 unspecified atom stereocenters. The van der Waals surface area contributed by atoms with Crippen molar-refractivity contribution in [3.8, 4) is 0 Å². The number of diazo groups is 1. The van der Waals surface area contributed by atoms with Gasteiger partial charge in [0.2, 0.25) is 5.39 Å². The number of nitrogens with two attached hydrogens (primary N) is 1. The molecule has 0 radical (unpaired) electrons. The van der Waals surface area contributed by atoms with Gasteiger partial charge in [-0.3, -0.25) is 24.9 Å². The molecule has 40 heteroatoms. The van der Waals surface area contributed by atoms with Crippen LogP contribution in [-0.4, -0.2) is 74.0 Å². The maximum atomic E-state index is 14.6. The van der Waals surface area contributed by atoms with E-state index in [0.29, 0.717) is 86.6 Å². The number of nitrogen functional groups attached to an aromatic ring is 1. The summed E-state index contributed by atoms with van der Waals surface area (Å²) in [5.74, 6) is -4.38. The monoisotopic (exact) mass is 1910 g/mol. The van der Waals surface area contributed by atoms with Gasteiger partial charge in [-0.25, -0.2) is 51.6 Å². The number of fused-ring (bicyclic) bond motifs is 8. The minimum atomic E-state index is -6.00. The number of hydrogen-bond donors (Lipinski definition) is 1. The van der Waals surface area contributed by atoms with E-state index < -0.39 is 109 Å². The summed E-state index contributed by atoms with van der Waals surface area (Å²) in [6.45, 7) is 1.86. The molecular formula is C79H53BBr3F19N8O6S3. The lowest BCUT2D eigenvalue weighted by molar-refractivity contribution is -0.0441. The summed E-state index contributed by atoms with van der Waals surface area (Å²) < 4.78 is 311. The Balaban J connectivity index is 0.000000154. The Hall–Kier alpha value is -10.5. The second kappa shape index (κ2) is 36.6. The summed E-state index contributed by atoms with van der Waals surface area (Å²) in [4.78, 5) is 19.7. The van der Waals surface area contributed by atoms with Crippen molar-refractivity contribution in [1.29, 1.82) is 5.39 Å². The van der Waals surface area contributed by atoms with Crippen molar-refractivity contribution in [3.63, 3.8) is 0 Å². The van der Waals surface area contributed by atoms with E-state index in [-0.39, 0.29) is 32.5 Å². The first-order valence-corrected chi connectivity index (χ1v) is 41.1. The Labute approximate surface area is 689 Å². The van der Waals surface area contributed by atoms with Gasteiger partial charge >= 0.3 is 29.5 Å². The largest absolute Gasteiger partial charge is 0.673 e. The van der Waals surface area contributed by atoms with Crippen molar-refractivity contribution in [2.24, 2.45) is 0 Å². The van der Waals surface area contributed by atoms with Gasteiger partial charge in [0.25, 0.3) is 29.5 Å². The fourth-order valence-electron chi connectivity index (χ4n) is 13.3. The molecule has 0 bridgehead atoms. The summed E-state index contributed by atoms with van der Waals surface area (Å²) in [5, 5.41) is 12.9. The molecule has 5 aromatic heterocycles. The highest BCUT2D eigenvalue weighted by molar-refractivity contribution is 9.11. The number of allylic oxidation sites excluding steroid dienone is 3. The number of aromatic nitrogens is 5. The number of benzene rings is 8. The Morgan fingerprint density at radius 3 is 1.31 bits per heavy atom. The zero-order valence-corrected chi connectivity index (χ0v) is 67.6. The van der Waals surface area contributed by atoms with Gasteiger partial charge in [0.1, 0.15) is 34.9 Å². The summed E-state index contributed by atoms with van der Waals surface area (Å²) in [5.41, 5.74) is -4.32. The quantitative estimate of drug-likeness (QED) is 0.0734. The molecule has 119 heavy (non-hydrogen) atoms. The smallest absolute Gasteiger partial charge is 0.418 e. The molecule has 0 saturated heterocycles. The number of anilines is 1. The van der Waals surface area contributed by atoms with Gasteiger partial charge < -0.3 is 23.0 Å². The van der Waals surface area contributed by atoms with Crippen LogP contribution in [0.25, 0.3) is 70.0 Å². The Morgan fingerprint density at radius 1 is 0.437 bits per heavy atom. The summed E-state index contributed by atoms with van der Waals surface area (Å²) in [7, 11) is -22.6. The molecule has 3 aliphatic rings. The van der Waals surface area contributed by atoms with Crippen LogP contribution >= 0.6 is 47.8 Å². The molecule has 0 amide bonds. The Bertz CT molecular complexity index is 6540. The maximum absolute atomic E-state index is 14.6. The third-order valence-corrected chi connectivity index (χ3v) is 25.1.